The topological polar surface area (TPSA) is 91.2 Å². The predicted molar refractivity (Wildman–Crippen MR) is 108 cm³/mol. The van der Waals surface area contributed by atoms with E-state index in [1.165, 1.54) is 11.8 Å². The highest BCUT2D eigenvalue weighted by atomic mass is 32.2. The van der Waals surface area contributed by atoms with Crippen molar-refractivity contribution in [2.24, 2.45) is 0 Å². The van der Waals surface area contributed by atoms with Crippen molar-refractivity contribution in [2.45, 2.75) is 32.0 Å². The van der Waals surface area contributed by atoms with Gasteiger partial charge in [0.1, 0.15) is 0 Å². The number of nitrogens with one attached hydrogen (secondary N) is 1. The van der Waals surface area contributed by atoms with E-state index < -0.39 is 0 Å². The first kappa shape index (κ1) is 19.3. The van der Waals surface area contributed by atoms with Crippen molar-refractivity contribution in [1.29, 1.82) is 0 Å². The van der Waals surface area contributed by atoms with E-state index in [0.717, 1.165) is 28.1 Å². The van der Waals surface area contributed by atoms with Gasteiger partial charge in [-0.25, -0.2) is 0 Å². The van der Waals surface area contributed by atoms with Gasteiger partial charge in [0.25, 0.3) is 0 Å². The summed E-state index contributed by atoms with van der Waals surface area (Å²) in [6.07, 6.45) is 0. The Bertz CT molecular complexity index is 1050. The molecule has 0 bridgehead atoms. The first-order valence-electron chi connectivity index (χ1n) is 9.19. The number of fused-ring (bicyclic) bond motifs is 1. The quantitative estimate of drug-likeness (QED) is 0.624. The smallest absolute Gasteiger partial charge is 0.231 e. The molecule has 1 aromatic heterocycles. The van der Waals surface area contributed by atoms with Crippen molar-refractivity contribution in [3.05, 3.63) is 53.1 Å². The molecule has 1 aliphatic heterocycles. The van der Waals surface area contributed by atoms with Crippen molar-refractivity contribution in [1.82, 2.24) is 25.5 Å². The molecule has 8 nitrogen and oxygen atoms in total. The van der Waals surface area contributed by atoms with Crippen LogP contribution >= 0.6 is 11.8 Å². The lowest BCUT2D eigenvalue weighted by atomic mass is 10.1. The van der Waals surface area contributed by atoms with Crippen LogP contribution in [0.2, 0.25) is 0 Å². The average Bonchev–Trinajstić information content (AvgIpc) is 3.37. The predicted octanol–water partition coefficient (Wildman–Crippen LogP) is 2.98. The number of benzene rings is 2. The third kappa shape index (κ3) is 4.04. The minimum atomic E-state index is -0.160. The molecular weight excluding hydrogens is 390 g/mol. The lowest BCUT2D eigenvalue weighted by Gasteiger charge is -2.15. The molecule has 2 aromatic carbocycles. The van der Waals surface area contributed by atoms with Crippen molar-refractivity contribution in [3.8, 4) is 17.2 Å². The zero-order valence-electron chi connectivity index (χ0n) is 16.4. The average molecular weight is 411 g/mol. The molecule has 29 heavy (non-hydrogen) atoms. The van der Waals surface area contributed by atoms with Crippen molar-refractivity contribution in [2.75, 3.05) is 12.5 Å². The number of rotatable bonds is 6. The van der Waals surface area contributed by atoms with Crippen LogP contribution in [0, 0.1) is 13.8 Å². The summed E-state index contributed by atoms with van der Waals surface area (Å²) >= 11 is 1.30. The molecular formula is C20H21N5O3S. The minimum absolute atomic E-state index is 0.101. The van der Waals surface area contributed by atoms with Gasteiger partial charge in [-0.15, -0.1) is 5.10 Å². The number of carbonyl (C=O) groups excluding carboxylic acids is 1. The number of carbonyl (C=O) groups is 1. The molecule has 1 N–H and O–H groups in total. The second-order valence-electron chi connectivity index (χ2n) is 6.78. The Kier molecular flexibility index (Phi) is 5.39. The Morgan fingerprint density at radius 3 is 2.93 bits per heavy atom. The van der Waals surface area contributed by atoms with Crippen LogP contribution in [0.4, 0.5) is 0 Å². The fourth-order valence-electron chi connectivity index (χ4n) is 3.06. The zero-order chi connectivity index (χ0) is 20.4. The van der Waals surface area contributed by atoms with Gasteiger partial charge in [0.2, 0.25) is 17.9 Å². The van der Waals surface area contributed by atoms with E-state index in [-0.39, 0.29) is 24.5 Å². The SMILES string of the molecule is Cc1cccc(-n2nnnc2SCC(=O)N[C@H](C)c2ccc3c(c2)OCO3)c1C. The van der Waals surface area contributed by atoms with Crippen LogP contribution in [0.25, 0.3) is 5.69 Å². The Balaban J connectivity index is 1.39. The number of thioether (sulfide) groups is 1. The highest BCUT2D eigenvalue weighted by Gasteiger charge is 2.18. The van der Waals surface area contributed by atoms with Gasteiger partial charge >= 0.3 is 0 Å². The first-order valence-corrected chi connectivity index (χ1v) is 10.2. The third-order valence-electron chi connectivity index (χ3n) is 4.85. The number of hydrogen-bond donors (Lipinski definition) is 1. The first-order chi connectivity index (χ1) is 14.0. The summed E-state index contributed by atoms with van der Waals surface area (Å²) in [6.45, 7) is 6.23. The summed E-state index contributed by atoms with van der Waals surface area (Å²) in [5, 5.41) is 15.5. The summed E-state index contributed by atoms with van der Waals surface area (Å²) in [7, 11) is 0. The monoisotopic (exact) mass is 411 g/mol. The van der Waals surface area contributed by atoms with Crippen LogP contribution < -0.4 is 14.8 Å². The molecule has 2 heterocycles. The Hall–Kier alpha value is -3.07. The fraction of sp³-hybridized carbons (Fsp3) is 0.300. The van der Waals surface area contributed by atoms with Crippen LogP contribution in [0.1, 0.15) is 29.7 Å². The van der Waals surface area contributed by atoms with E-state index in [4.69, 9.17) is 9.47 Å². The molecule has 9 heteroatoms. The van der Waals surface area contributed by atoms with Crippen molar-refractivity contribution in [3.63, 3.8) is 0 Å². The fourth-order valence-corrected chi connectivity index (χ4v) is 3.76. The zero-order valence-corrected chi connectivity index (χ0v) is 17.2. The molecule has 0 fully saturated rings. The van der Waals surface area contributed by atoms with Gasteiger partial charge in [-0.1, -0.05) is 30.0 Å². The highest BCUT2D eigenvalue weighted by Crippen LogP contribution is 2.34. The number of ether oxygens (including phenoxy) is 2. The standard InChI is InChI=1S/C20H21N5O3S/c1-12-5-4-6-16(13(12)2)25-20(22-23-24-25)29-10-19(26)21-14(3)15-7-8-17-18(9-15)28-11-27-17/h4-9,14H,10-11H2,1-3H3,(H,21,26)/t14-/m1/s1. The van der Waals surface area contributed by atoms with E-state index in [1.54, 1.807) is 4.68 Å². The summed E-state index contributed by atoms with van der Waals surface area (Å²) in [6, 6.07) is 11.5. The molecule has 4 rings (SSSR count). The van der Waals surface area contributed by atoms with Gasteiger partial charge < -0.3 is 14.8 Å². The minimum Gasteiger partial charge on any atom is -0.454 e. The maximum atomic E-state index is 12.5. The molecule has 0 spiro atoms. The molecule has 0 aliphatic carbocycles. The summed E-state index contributed by atoms with van der Waals surface area (Å²) < 4.78 is 12.4. The van der Waals surface area contributed by atoms with Gasteiger partial charge in [-0.05, 0) is 66.1 Å². The lowest BCUT2D eigenvalue weighted by Crippen LogP contribution is -2.28. The van der Waals surface area contributed by atoms with Crippen LogP contribution in [0.15, 0.2) is 41.6 Å². The molecule has 1 aliphatic rings. The normalized spacial score (nSPS) is 13.3. The van der Waals surface area contributed by atoms with Crippen LogP contribution in [-0.2, 0) is 4.79 Å². The number of aryl methyl sites for hydroxylation is 1. The molecule has 1 amide bonds. The van der Waals surface area contributed by atoms with Gasteiger partial charge in [0.15, 0.2) is 11.5 Å². The second-order valence-corrected chi connectivity index (χ2v) is 7.73. The Morgan fingerprint density at radius 2 is 2.07 bits per heavy atom. The van der Waals surface area contributed by atoms with E-state index >= 15 is 0 Å². The molecule has 0 radical (unpaired) electrons. The molecule has 3 aromatic rings. The molecule has 0 saturated heterocycles. The van der Waals surface area contributed by atoms with E-state index in [9.17, 15) is 4.79 Å². The molecule has 0 unspecified atom stereocenters. The Morgan fingerprint density at radius 1 is 1.24 bits per heavy atom. The number of aromatic nitrogens is 4. The van der Waals surface area contributed by atoms with E-state index in [1.807, 2.05) is 57.2 Å². The summed E-state index contributed by atoms with van der Waals surface area (Å²) in [5.41, 5.74) is 4.12. The maximum absolute atomic E-state index is 12.5. The molecule has 0 saturated carbocycles. The van der Waals surface area contributed by atoms with Crippen molar-refractivity contribution >= 4 is 17.7 Å². The van der Waals surface area contributed by atoms with E-state index in [0.29, 0.717) is 10.9 Å². The largest absolute Gasteiger partial charge is 0.454 e. The summed E-state index contributed by atoms with van der Waals surface area (Å²) in [4.78, 5) is 12.5. The van der Waals surface area contributed by atoms with Gasteiger partial charge in [0, 0.05) is 0 Å². The molecule has 1 atom stereocenters. The lowest BCUT2D eigenvalue weighted by molar-refractivity contribution is -0.119. The van der Waals surface area contributed by atoms with Crippen LogP contribution in [-0.4, -0.2) is 38.7 Å². The Labute approximate surface area is 172 Å². The van der Waals surface area contributed by atoms with Crippen molar-refractivity contribution < 1.29 is 14.3 Å². The summed E-state index contributed by atoms with van der Waals surface area (Å²) in [5.74, 6) is 1.53. The van der Waals surface area contributed by atoms with Crippen LogP contribution in [0.5, 0.6) is 11.5 Å². The van der Waals surface area contributed by atoms with Gasteiger partial charge in [0.05, 0.1) is 17.5 Å². The van der Waals surface area contributed by atoms with E-state index in [2.05, 4.69) is 20.8 Å². The second kappa shape index (κ2) is 8.12. The number of nitrogens with zero attached hydrogens (tertiary/aromatic N) is 4. The number of amides is 1. The number of tetrazole rings is 1. The third-order valence-corrected chi connectivity index (χ3v) is 5.77. The maximum Gasteiger partial charge on any atom is 0.231 e. The van der Waals surface area contributed by atoms with Gasteiger partial charge in [-0.3, -0.25) is 4.79 Å². The van der Waals surface area contributed by atoms with Crippen LogP contribution in [0.3, 0.4) is 0 Å². The molecule has 150 valence electrons. The highest BCUT2D eigenvalue weighted by molar-refractivity contribution is 7.99. The van der Waals surface area contributed by atoms with Gasteiger partial charge in [-0.2, -0.15) is 4.68 Å². The number of hydrogen-bond acceptors (Lipinski definition) is 7.